The number of nitrogens with one attached hydrogen (secondary N) is 2. The summed E-state index contributed by atoms with van der Waals surface area (Å²) in [7, 11) is 0. The molecule has 0 saturated carbocycles. The van der Waals surface area contributed by atoms with E-state index in [4.69, 9.17) is 5.73 Å². The lowest BCUT2D eigenvalue weighted by molar-refractivity contribution is -0.138. The van der Waals surface area contributed by atoms with Crippen LogP contribution >= 0.6 is 0 Å². The number of anilines is 2. The number of hydrogen-bond donors (Lipinski definition) is 3. The maximum absolute atomic E-state index is 15.1. The number of nitrogens with zero attached hydrogens (tertiary/aromatic N) is 5. The van der Waals surface area contributed by atoms with Gasteiger partial charge in [0.2, 0.25) is 0 Å². The van der Waals surface area contributed by atoms with Crippen LogP contribution in [0.5, 0.6) is 0 Å². The molecule has 4 heterocycles. The van der Waals surface area contributed by atoms with E-state index in [0.29, 0.717) is 23.9 Å². The molecule has 0 amide bonds. The van der Waals surface area contributed by atoms with Gasteiger partial charge < -0.3 is 20.0 Å². The molecule has 0 bridgehead atoms. The number of alkyl halides is 3. The number of imidazole rings is 1. The zero-order chi connectivity index (χ0) is 27.9. The summed E-state index contributed by atoms with van der Waals surface area (Å²) in [6, 6.07) is 3.90. The number of aromatic nitrogens is 6. The molecule has 14 heteroatoms. The Balaban J connectivity index is 1.32. The van der Waals surface area contributed by atoms with Crippen LogP contribution in [0.15, 0.2) is 58.8 Å². The molecule has 0 saturated heterocycles. The standard InChI is InChI=1S/C25H22F4N8O2/c1-13(33-18-11-32-35-23(38)20(18)25(27,28)29)3-2-6-36-7-4-14-9-16(17(26)10-15(14)24(36)39)19-12-37-8-5-31-22(37)21(30)34-19/h4-5,7-13H,2-3,6H2,1H3,(H2,30,34)(H2,33,35,38). The smallest absolute Gasteiger partial charge is 0.381 e. The van der Waals surface area contributed by atoms with Gasteiger partial charge in [-0.1, -0.05) is 0 Å². The summed E-state index contributed by atoms with van der Waals surface area (Å²) in [5, 5.41) is 8.58. The minimum atomic E-state index is -4.85. The van der Waals surface area contributed by atoms with E-state index in [-0.39, 0.29) is 29.0 Å². The van der Waals surface area contributed by atoms with E-state index < -0.39 is 40.4 Å². The van der Waals surface area contributed by atoms with E-state index in [1.165, 1.54) is 10.6 Å². The molecule has 0 aliphatic carbocycles. The molecular formula is C25H22F4N8O2. The molecule has 5 rings (SSSR count). The van der Waals surface area contributed by atoms with E-state index >= 15 is 4.39 Å². The van der Waals surface area contributed by atoms with Gasteiger partial charge in [0.05, 0.1) is 23.0 Å². The molecule has 10 nitrogen and oxygen atoms in total. The van der Waals surface area contributed by atoms with Crippen molar-refractivity contribution in [1.29, 1.82) is 0 Å². The summed E-state index contributed by atoms with van der Waals surface area (Å²) in [4.78, 5) is 33.0. The minimum Gasteiger partial charge on any atom is -0.381 e. The van der Waals surface area contributed by atoms with Gasteiger partial charge in [0.15, 0.2) is 11.5 Å². The molecule has 1 unspecified atom stereocenters. The Morgan fingerprint density at radius 3 is 2.77 bits per heavy atom. The summed E-state index contributed by atoms with van der Waals surface area (Å²) in [6.45, 7) is 1.91. The van der Waals surface area contributed by atoms with Crippen molar-refractivity contribution >= 4 is 27.9 Å². The predicted molar refractivity (Wildman–Crippen MR) is 137 cm³/mol. The number of pyridine rings is 1. The molecule has 1 atom stereocenters. The molecule has 5 aromatic rings. The zero-order valence-corrected chi connectivity index (χ0v) is 20.5. The number of hydrogen-bond acceptors (Lipinski definition) is 7. The number of H-pyrrole nitrogens is 1. The molecule has 4 N–H and O–H groups in total. The van der Waals surface area contributed by atoms with E-state index in [1.54, 1.807) is 47.3 Å². The van der Waals surface area contributed by atoms with Crippen LogP contribution < -0.4 is 22.2 Å². The quantitative estimate of drug-likeness (QED) is 0.266. The lowest BCUT2D eigenvalue weighted by atomic mass is 10.1. The highest BCUT2D eigenvalue weighted by molar-refractivity contribution is 5.86. The van der Waals surface area contributed by atoms with E-state index in [1.807, 2.05) is 0 Å². The van der Waals surface area contributed by atoms with Gasteiger partial charge in [0.25, 0.3) is 11.1 Å². The number of rotatable bonds is 7. The predicted octanol–water partition coefficient (Wildman–Crippen LogP) is 3.82. The Morgan fingerprint density at radius 2 is 2.00 bits per heavy atom. The van der Waals surface area contributed by atoms with E-state index in [9.17, 15) is 22.8 Å². The van der Waals surface area contributed by atoms with Gasteiger partial charge in [-0.15, -0.1) is 0 Å². The van der Waals surface area contributed by atoms with Crippen LogP contribution in [-0.4, -0.2) is 35.2 Å². The number of fused-ring (bicyclic) bond motifs is 2. The molecule has 0 spiro atoms. The summed E-state index contributed by atoms with van der Waals surface area (Å²) in [5.74, 6) is -0.505. The number of nitrogens with two attached hydrogens (primary N) is 1. The highest BCUT2D eigenvalue weighted by Crippen LogP contribution is 2.32. The van der Waals surface area contributed by atoms with E-state index in [2.05, 4.69) is 20.4 Å². The molecule has 39 heavy (non-hydrogen) atoms. The normalized spacial score (nSPS) is 12.7. The van der Waals surface area contributed by atoms with Crippen molar-refractivity contribution in [2.75, 3.05) is 11.1 Å². The first-order valence-corrected chi connectivity index (χ1v) is 11.9. The second kappa shape index (κ2) is 9.85. The lowest BCUT2D eigenvalue weighted by Crippen LogP contribution is -2.27. The second-order valence-electron chi connectivity index (χ2n) is 9.08. The fourth-order valence-corrected chi connectivity index (χ4v) is 4.46. The zero-order valence-electron chi connectivity index (χ0n) is 20.5. The van der Waals surface area contributed by atoms with Crippen molar-refractivity contribution in [3.8, 4) is 11.3 Å². The molecule has 0 radical (unpaired) electrons. The number of benzene rings is 1. The van der Waals surface area contributed by atoms with Crippen LogP contribution in [0.2, 0.25) is 0 Å². The molecule has 0 aliphatic rings. The third kappa shape index (κ3) is 5.04. The Kier molecular flexibility index (Phi) is 6.54. The van der Waals surface area contributed by atoms with Crippen molar-refractivity contribution in [2.45, 2.75) is 38.5 Å². The summed E-state index contributed by atoms with van der Waals surface area (Å²) in [5.41, 5.74) is 3.34. The first-order valence-electron chi connectivity index (χ1n) is 11.9. The van der Waals surface area contributed by atoms with Crippen molar-refractivity contribution in [2.24, 2.45) is 0 Å². The largest absolute Gasteiger partial charge is 0.423 e. The summed E-state index contributed by atoms with van der Waals surface area (Å²) < 4.78 is 57.9. The third-order valence-electron chi connectivity index (χ3n) is 6.32. The van der Waals surface area contributed by atoms with Gasteiger partial charge in [0, 0.05) is 42.9 Å². The first-order chi connectivity index (χ1) is 18.5. The fourth-order valence-electron chi connectivity index (χ4n) is 4.46. The van der Waals surface area contributed by atoms with Crippen LogP contribution in [0.4, 0.5) is 29.1 Å². The van der Waals surface area contributed by atoms with Gasteiger partial charge in [-0.25, -0.2) is 19.5 Å². The topological polar surface area (TPSA) is 136 Å². The average Bonchev–Trinajstić information content (AvgIpc) is 3.34. The highest BCUT2D eigenvalue weighted by atomic mass is 19.4. The van der Waals surface area contributed by atoms with Crippen LogP contribution in [-0.2, 0) is 12.7 Å². The van der Waals surface area contributed by atoms with Gasteiger partial charge in [0.1, 0.15) is 11.4 Å². The third-order valence-corrected chi connectivity index (χ3v) is 6.32. The van der Waals surface area contributed by atoms with Crippen LogP contribution in [0.3, 0.4) is 0 Å². The second-order valence-corrected chi connectivity index (χ2v) is 9.08. The Bertz CT molecular complexity index is 1810. The van der Waals surface area contributed by atoms with Crippen molar-refractivity contribution in [3.05, 3.63) is 81.3 Å². The fraction of sp³-hybridized carbons (Fsp3) is 0.240. The Hall–Kier alpha value is -4.75. The van der Waals surface area contributed by atoms with Gasteiger partial charge in [-0.2, -0.15) is 18.3 Å². The van der Waals surface area contributed by atoms with Crippen molar-refractivity contribution in [1.82, 2.24) is 29.1 Å². The SMILES string of the molecule is CC(CCCn1ccc2cc(-c3cn4ccnc4c(N)n3)c(F)cc2c1=O)Nc1cn[nH]c(=O)c1C(F)(F)F. The Morgan fingerprint density at radius 1 is 1.21 bits per heavy atom. The van der Waals surface area contributed by atoms with Crippen LogP contribution in [0, 0.1) is 5.82 Å². The lowest BCUT2D eigenvalue weighted by Gasteiger charge is -2.18. The van der Waals surface area contributed by atoms with Crippen LogP contribution in [0.25, 0.3) is 27.7 Å². The number of nitrogen functional groups attached to an aromatic ring is 1. The molecule has 0 aliphatic heterocycles. The molecule has 4 aromatic heterocycles. The summed E-state index contributed by atoms with van der Waals surface area (Å²) in [6.07, 6.45) is 3.25. The first kappa shape index (κ1) is 25.9. The number of aromatic amines is 1. The molecular weight excluding hydrogens is 520 g/mol. The van der Waals surface area contributed by atoms with Gasteiger partial charge in [-0.3, -0.25) is 9.59 Å². The number of halogens is 4. The highest BCUT2D eigenvalue weighted by Gasteiger charge is 2.37. The van der Waals surface area contributed by atoms with Crippen molar-refractivity contribution in [3.63, 3.8) is 0 Å². The summed E-state index contributed by atoms with van der Waals surface area (Å²) >= 11 is 0. The maximum atomic E-state index is 15.1. The molecule has 202 valence electrons. The minimum absolute atomic E-state index is 0.140. The monoisotopic (exact) mass is 542 g/mol. The van der Waals surface area contributed by atoms with E-state index in [0.717, 1.165) is 12.3 Å². The molecule has 0 fully saturated rings. The van der Waals surface area contributed by atoms with Crippen LogP contribution in [0.1, 0.15) is 25.3 Å². The molecule has 1 aromatic carbocycles. The maximum Gasteiger partial charge on any atom is 0.423 e. The van der Waals surface area contributed by atoms with Crippen molar-refractivity contribution < 1.29 is 17.6 Å². The Labute approximate surface area is 217 Å². The van der Waals surface area contributed by atoms with Gasteiger partial charge >= 0.3 is 6.18 Å². The van der Waals surface area contributed by atoms with Gasteiger partial charge in [-0.05, 0) is 43.4 Å². The average molecular weight is 542 g/mol. The number of aryl methyl sites for hydroxylation is 1.